The first-order valence-electron chi connectivity index (χ1n) is 9.57. The standard InChI is InChI=1S/C21H27N3O4S/c1-21(2,3)17-10-15(18-5-4-7-23-19(18)25)9-16(11-17)20(26)24-8-6-14(12-24)13-29(22,27)28/h4-5,7,9-11,14H,6,8,12-13H2,1-3H3,(H,23,25)(H2,22,27,28). The number of pyridine rings is 1. The summed E-state index contributed by atoms with van der Waals surface area (Å²) < 4.78 is 22.7. The van der Waals surface area contributed by atoms with Crippen molar-refractivity contribution in [3.63, 3.8) is 0 Å². The number of nitrogens with zero attached hydrogens (tertiary/aromatic N) is 1. The Morgan fingerprint density at radius 1 is 1.28 bits per heavy atom. The van der Waals surface area contributed by atoms with Crippen molar-refractivity contribution in [2.75, 3.05) is 18.8 Å². The first-order valence-corrected chi connectivity index (χ1v) is 11.3. The van der Waals surface area contributed by atoms with Crippen LogP contribution in [0.25, 0.3) is 11.1 Å². The molecule has 1 aromatic heterocycles. The van der Waals surface area contributed by atoms with Crippen molar-refractivity contribution >= 4 is 15.9 Å². The van der Waals surface area contributed by atoms with Crippen LogP contribution in [-0.2, 0) is 15.4 Å². The topological polar surface area (TPSA) is 113 Å². The summed E-state index contributed by atoms with van der Waals surface area (Å²) in [7, 11) is -3.57. The maximum Gasteiger partial charge on any atom is 0.255 e. The second-order valence-electron chi connectivity index (χ2n) is 8.70. The summed E-state index contributed by atoms with van der Waals surface area (Å²) in [5, 5.41) is 5.15. The number of carbonyl (C=O) groups is 1. The number of hydrogen-bond acceptors (Lipinski definition) is 4. The van der Waals surface area contributed by atoms with Crippen molar-refractivity contribution in [1.29, 1.82) is 0 Å². The quantitative estimate of drug-likeness (QED) is 0.793. The fraction of sp³-hybridized carbons (Fsp3) is 0.429. The molecule has 1 atom stereocenters. The lowest BCUT2D eigenvalue weighted by atomic mass is 9.84. The van der Waals surface area contributed by atoms with Crippen molar-refractivity contribution < 1.29 is 13.2 Å². The van der Waals surface area contributed by atoms with Gasteiger partial charge in [-0.25, -0.2) is 13.6 Å². The highest BCUT2D eigenvalue weighted by Gasteiger charge is 2.30. The molecule has 0 aliphatic carbocycles. The number of hydrogen-bond donors (Lipinski definition) is 2. The minimum absolute atomic E-state index is 0.122. The largest absolute Gasteiger partial charge is 0.338 e. The average Bonchev–Trinajstić information content (AvgIpc) is 3.07. The maximum absolute atomic E-state index is 13.2. The molecule has 0 saturated carbocycles. The third-order valence-corrected chi connectivity index (χ3v) is 6.15. The van der Waals surface area contributed by atoms with E-state index in [-0.39, 0.29) is 28.6 Å². The Balaban J connectivity index is 1.97. The van der Waals surface area contributed by atoms with Crippen LogP contribution in [0.2, 0.25) is 0 Å². The predicted molar refractivity (Wildman–Crippen MR) is 113 cm³/mol. The van der Waals surface area contributed by atoms with E-state index in [1.807, 2.05) is 32.9 Å². The second-order valence-corrected chi connectivity index (χ2v) is 10.4. The van der Waals surface area contributed by atoms with Crippen molar-refractivity contribution in [2.24, 2.45) is 11.1 Å². The van der Waals surface area contributed by atoms with Crippen LogP contribution in [0.5, 0.6) is 0 Å². The number of rotatable bonds is 4. The lowest BCUT2D eigenvalue weighted by molar-refractivity contribution is 0.0788. The van der Waals surface area contributed by atoms with Crippen LogP contribution in [0, 0.1) is 5.92 Å². The van der Waals surface area contributed by atoms with E-state index in [2.05, 4.69) is 4.98 Å². The van der Waals surface area contributed by atoms with E-state index in [9.17, 15) is 18.0 Å². The summed E-state index contributed by atoms with van der Waals surface area (Å²) in [4.78, 5) is 29.8. The van der Waals surface area contributed by atoms with E-state index >= 15 is 0 Å². The van der Waals surface area contributed by atoms with Gasteiger partial charge in [0.15, 0.2) is 0 Å². The number of carbonyl (C=O) groups excluding carboxylic acids is 1. The molecule has 1 fully saturated rings. The lowest BCUT2D eigenvalue weighted by Gasteiger charge is -2.23. The van der Waals surface area contributed by atoms with Gasteiger partial charge in [-0.15, -0.1) is 0 Å². The van der Waals surface area contributed by atoms with E-state index in [0.717, 1.165) is 5.56 Å². The van der Waals surface area contributed by atoms with Crippen LogP contribution in [0.1, 0.15) is 43.1 Å². The van der Waals surface area contributed by atoms with E-state index in [1.165, 1.54) is 0 Å². The number of amides is 1. The Bertz CT molecular complexity index is 1080. The molecule has 0 radical (unpaired) electrons. The highest BCUT2D eigenvalue weighted by atomic mass is 32.2. The molecule has 1 saturated heterocycles. The fourth-order valence-corrected chi connectivity index (χ4v) is 4.58. The van der Waals surface area contributed by atoms with Gasteiger partial charge in [-0.3, -0.25) is 9.59 Å². The molecule has 1 unspecified atom stereocenters. The van der Waals surface area contributed by atoms with Gasteiger partial charge in [0.1, 0.15) is 0 Å². The molecule has 1 aromatic carbocycles. The van der Waals surface area contributed by atoms with Gasteiger partial charge in [-0.05, 0) is 53.1 Å². The Morgan fingerprint density at radius 3 is 2.62 bits per heavy atom. The minimum Gasteiger partial charge on any atom is -0.338 e. The van der Waals surface area contributed by atoms with Crippen molar-refractivity contribution in [2.45, 2.75) is 32.6 Å². The molecule has 3 rings (SSSR count). The third kappa shape index (κ3) is 5.13. The molecule has 0 bridgehead atoms. The number of nitrogens with one attached hydrogen (secondary N) is 1. The molecular weight excluding hydrogens is 390 g/mol. The Kier molecular flexibility index (Phi) is 5.69. The highest BCUT2D eigenvalue weighted by Crippen LogP contribution is 2.29. The summed E-state index contributed by atoms with van der Waals surface area (Å²) in [6, 6.07) is 9.01. The third-order valence-electron chi connectivity index (χ3n) is 5.22. The Labute approximate surface area is 171 Å². The lowest BCUT2D eigenvalue weighted by Crippen LogP contribution is -2.31. The maximum atomic E-state index is 13.2. The average molecular weight is 418 g/mol. The monoisotopic (exact) mass is 417 g/mol. The summed E-state index contributed by atoms with van der Waals surface area (Å²) in [6.07, 6.45) is 2.17. The van der Waals surface area contributed by atoms with Gasteiger partial charge < -0.3 is 9.88 Å². The van der Waals surface area contributed by atoms with Crippen LogP contribution in [-0.4, -0.2) is 43.1 Å². The molecule has 2 aromatic rings. The Hall–Kier alpha value is -2.45. The van der Waals surface area contributed by atoms with Gasteiger partial charge in [0.05, 0.1) is 5.75 Å². The Morgan fingerprint density at radius 2 is 2.00 bits per heavy atom. The number of nitrogens with two attached hydrogens (primary N) is 1. The van der Waals surface area contributed by atoms with Crippen LogP contribution in [0.4, 0.5) is 0 Å². The van der Waals surface area contributed by atoms with Crippen LogP contribution in [0.15, 0.2) is 41.3 Å². The van der Waals surface area contributed by atoms with Gasteiger partial charge in [-0.1, -0.05) is 26.8 Å². The van der Waals surface area contributed by atoms with Gasteiger partial charge in [0.25, 0.3) is 11.5 Å². The summed E-state index contributed by atoms with van der Waals surface area (Å²) in [5.74, 6) is -0.443. The van der Waals surface area contributed by atoms with Crippen molar-refractivity contribution in [3.05, 3.63) is 58.0 Å². The smallest absolute Gasteiger partial charge is 0.255 e. The van der Waals surface area contributed by atoms with E-state index in [1.54, 1.807) is 29.3 Å². The first-order chi connectivity index (χ1) is 13.4. The number of benzene rings is 1. The zero-order valence-corrected chi connectivity index (χ0v) is 17.8. The molecule has 1 aliphatic rings. The minimum atomic E-state index is -3.57. The van der Waals surface area contributed by atoms with Gasteiger partial charge in [0.2, 0.25) is 10.0 Å². The van der Waals surface area contributed by atoms with Crippen molar-refractivity contribution in [3.8, 4) is 11.1 Å². The number of aromatic amines is 1. The number of aromatic nitrogens is 1. The summed E-state index contributed by atoms with van der Waals surface area (Å²) in [5.41, 5.74) is 2.19. The van der Waals surface area contributed by atoms with E-state index in [0.29, 0.717) is 36.2 Å². The zero-order chi connectivity index (χ0) is 21.4. The zero-order valence-electron chi connectivity index (χ0n) is 16.9. The molecule has 2 heterocycles. The molecule has 7 nitrogen and oxygen atoms in total. The molecule has 3 N–H and O–H groups in total. The molecule has 8 heteroatoms. The predicted octanol–water partition coefficient (Wildman–Crippen LogP) is 2.09. The van der Waals surface area contributed by atoms with E-state index in [4.69, 9.17) is 5.14 Å². The van der Waals surface area contributed by atoms with Crippen molar-refractivity contribution in [1.82, 2.24) is 9.88 Å². The fourth-order valence-electron chi connectivity index (χ4n) is 3.65. The van der Waals surface area contributed by atoms with Gasteiger partial charge in [-0.2, -0.15) is 0 Å². The molecule has 1 amide bonds. The van der Waals surface area contributed by atoms with E-state index < -0.39 is 10.0 Å². The molecule has 1 aliphatic heterocycles. The number of H-pyrrole nitrogens is 1. The number of sulfonamides is 1. The number of primary sulfonamides is 1. The molecular formula is C21H27N3O4S. The summed E-state index contributed by atoms with van der Waals surface area (Å²) >= 11 is 0. The summed E-state index contributed by atoms with van der Waals surface area (Å²) in [6.45, 7) is 6.99. The van der Waals surface area contributed by atoms with Gasteiger partial charge >= 0.3 is 0 Å². The normalized spacial score (nSPS) is 17.5. The number of likely N-dealkylation sites (tertiary alicyclic amines) is 1. The first kappa shape index (κ1) is 21.3. The SMILES string of the molecule is CC(C)(C)c1cc(C(=O)N2CCC(CS(N)(=O)=O)C2)cc(-c2ccc[nH]c2=O)c1. The van der Waals surface area contributed by atoms with Crippen LogP contribution < -0.4 is 10.7 Å². The molecule has 0 spiro atoms. The van der Waals surface area contributed by atoms with Crippen LogP contribution in [0.3, 0.4) is 0 Å². The highest BCUT2D eigenvalue weighted by molar-refractivity contribution is 7.89. The molecule has 29 heavy (non-hydrogen) atoms. The van der Waals surface area contributed by atoms with Gasteiger partial charge in [0, 0.05) is 30.4 Å². The second kappa shape index (κ2) is 7.76. The molecule has 156 valence electrons. The van der Waals surface area contributed by atoms with Crippen LogP contribution >= 0.6 is 0 Å².